The number of amides is 1. The Morgan fingerprint density at radius 2 is 1.87 bits per heavy atom. The molecule has 0 spiro atoms. The van der Waals surface area contributed by atoms with Crippen molar-refractivity contribution in [3.8, 4) is 11.5 Å². The first-order valence-electron chi connectivity index (χ1n) is 9.18. The van der Waals surface area contributed by atoms with E-state index >= 15 is 0 Å². The van der Waals surface area contributed by atoms with Gasteiger partial charge in [-0.25, -0.2) is 8.42 Å². The smallest absolute Gasteiger partial charge is 0.307 e. The summed E-state index contributed by atoms with van der Waals surface area (Å²) in [4.78, 5) is 24.7. The minimum Gasteiger partial charge on any atom is -0.497 e. The number of hydrogen-bond acceptors (Lipinski definition) is 7. The lowest BCUT2D eigenvalue weighted by atomic mass is 10.2. The Labute approximate surface area is 183 Å². The lowest BCUT2D eigenvalue weighted by Crippen LogP contribution is -2.45. The van der Waals surface area contributed by atoms with Crippen LogP contribution in [0.5, 0.6) is 11.5 Å². The molecule has 1 heterocycles. The average molecular weight is 466 g/mol. The SMILES string of the molecule is COc1ccc(OC)c(N([C@@H](C)C(=O)Nc2ccc3c(c2)sc(=O)n3C)S(C)(=O)=O)c1. The van der Waals surface area contributed by atoms with Crippen LogP contribution in [0.1, 0.15) is 6.92 Å². The molecule has 0 aliphatic heterocycles. The van der Waals surface area contributed by atoms with Gasteiger partial charge >= 0.3 is 4.87 Å². The molecule has 0 saturated carbocycles. The molecular formula is C20H23N3O6S2. The summed E-state index contributed by atoms with van der Waals surface area (Å²) in [5.41, 5.74) is 1.39. The van der Waals surface area contributed by atoms with E-state index < -0.39 is 22.0 Å². The highest BCUT2D eigenvalue weighted by molar-refractivity contribution is 7.92. The fourth-order valence-corrected chi connectivity index (χ4v) is 5.30. The van der Waals surface area contributed by atoms with Crippen LogP contribution in [0.25, 0.3) is 10.2 Å². The third-order valence-electron chi connectivity index (χ3n) is 4.77. The maximum atomic E-state index is 13.0. The lowest BCUT2D eigenvalue weighted by molar-refractivity contribution is -0.116. The number of nitrogens with one attached hydrogen (secondary N) is 1. The zero-order chi connectivity index (χ0) is 22.9. The van der Waals surface area contributed by atoms with Crippen molar-refractivity contribution in [1.29, 1.82) is 0 Å². The number of thiazole rings is 1. The summed E-state index contributed by atoms with van der Waals surface area (Å²) < 4.78 is 39.0. The topological polar surface area (TPSA) is 107 Å². The summed E-state index contributed by atoms with van der Waals surface area (Å²) in [6.07, 6.45) is 1.02. The van der Waals surface area contributed by atoms with Crippen molar-refractivity contribution in [3.63, 3.8) is 0 Å². The van der Waals surface area contributed by atoms with Crippen molar-refractivity contribution in [3.05, 3.63) is 46.1 Å². The minimum absolute atomic E-state index is 0.111. The van der Waals surface area contributed by atoms with Crippen molar-refractivity contribution in [1.82, 2.24) is 4.57 Å². The largest absolute Gasteiger partial charge is 0.497 e. The fourth-order valence-electron chi connectivity index (χ4n) is 3.21. The summed E-state index contributed by atoms with van der Waals surface area (Å²) in [6, 6.07) is 8.68. The molecule has 0 saturated heterocycles. The van der Waals surface area contributed by atoms with Gasteiger partial charge in [0.2, 0.25) is 15.9 Å². The molecule has 166 valence electrons. The highest BCUT2D eigenvalue weighted by Crippen LogP contribution is 2.35. The van der Waals surface area contributed by atoms with Gasteiger partial charge in [-0.05, 0) is 37.3 Å². The molecule has 0 unspecified atom stereocenters. The first-order valence-corrected chi connectivity index (χ1v) is 11.8. The number of ether oxygens (including phenoxy) is 2. The Bertz CT molecular complexity index is 1300. The molecule has 1 aromatic heterocycles. The number of carbonyl (C=O) groups is 1. The monoisotopic (exact) mass is 465 g/mol. The van der Waals surface area contributed by atoms with Crippen LogP contribution >= 0.6 is 11.3 Å². The second-order valence-corrected chi connectivity index (χ2v) is 9.72. The van der Waals surface area contributed by atoms with Crippen molar-refractivity contribution < 1.29 is 22.7 Å². The van der Waals surface area contributed by atoms with Crippen LogP contribution in [0, 0.1) is 0 Å². The maximum absolute atomic E-state index is 13.0. The fraction of sp³-hybridized carbons (Fsp3) is 0.300. The maximum Gasteiger partial charge on any atom is 0.307 e. The van der Waals surface area contributed by atoms with Crippen molar-refractivity contribution in [2.45, 2.75) is 13.0 Å². The number of anilines is 2. The zero-order valence-corrected chi connectivity index (χ0v) is 19.3. The average Bonchev–Trinajstić information content (AvgIpc) is 3.00. The summed E-state index contributed by atoms with van der Waals surface area (Å²) >= 11 is 1.06. The summed E-state index contributed by atoms with van der Waals surface area (Å²) in [5.74, 6) is 0.153. The first-order chi connectivity index (χ1) is 14.6. The second-order valence-electron chi connectivity index (χ2n) is 6.87. The predicted octanol–water partition coefficient (Wildman–Crippen LogP) is 2.41. The van der Waals surface area contributed by atoms with E-state index in [9.17, 15) is 18.0 Å². The molecule has 1 atom stereocenters. The number of benzene rings is 2. The molecule has 11 heteroatoms. The van der Waals surface area contributed by atoms with Gasteiger partial charge in [-0.15, -0.1) is 0 Å². The molecule has 9 nitrogen and oxygen atoms in total. The Morgan fingerprint density at radius 3 is 2.48 bits per heavy atom. The first kappa shape index (κ1) is 22.6. The molecule has 3 aromatic rings. The Kier molecular flexibility index (Phi) is 6.27. The lowest BCUT2D eigenvalue weighted by Gasteiger charge is -2.29. The van der Waals surface area contributed by atoms with E-state index in [1.807, 2.05) is 0 Å². The van der Waals surface area contributed by atoms with Crippen LogP contribution in [0.2, 0.25) is 0 Å². The molecule has 3 rings (SSSR count). The van der Waals surface area contributed by atoms with Crippen LogP contribution in [0.4, 0.5) is 11.4 Å². The Balaban J connectivity index is 1.96. The van der Waals surface area contributed by atoms with E-state index in [4.69, 9.17) is 9.47 Å². The number of rotatable bonds is 7. The summed E-state index contributed by atoms with van der Waals surface area (Å²) in [5, 5.41) is 2.73. The molecule has 0 bridgehead atoms. The quantitative estimate of drug-likeness (QED) is 0.574. The molecule has 31 heavy (non-hydrogen) atoms. The molecule has 1 N–H and O–H groups in total. The summed E-state index contributed by atoms with van der Waals surface area (Å²) in [7, 11) is 0.692. The molecule has 0 aliphatic carbocycles. The number of hydrogen-bond donors (Lipinski definition) is 1. The molecule has 1 amide bonds. The number of aryl methyl sites for hydroxylation is 1. The molecule has 0 radical (unpaired) electrons. The van der Waals surface area contributed by atoms with Gasteiger partial charge in [-0.3, -0.25) is 13.9 Å². The molecule has 0 aliphatic rings. The Morgan fingerprint density at radius 1 is 1.16 bits per heavy atom. The van der Waals surface area contributed by atoms with Gasteiger partial charge in [0.25, 0.3) is 0 Å². The van der Waals surface area contributed by atoms with Gasteiger partial charge in [-0.2, -0.15) is 0 Å². The Hall–Kier alpha value is -3.05. The molecule has 0 fully saturated rings. The minimum atomic E-state index is -3.85. The van der Waals surface area contributed by atoms with Crippen molar-refractivity contribution >= 4 is 48.9 Å². The van der Waals surface area contributed by atoms with Crippen LogP contribution < -0.4 is 24.0 Å². The number of fused-ring (bicyclic) bond motifs is 1. The number of aromatic nitrogens is 1. The molecular weight excluding hydrogens is 442 g/mol. The van der Waals surface area contributed by atoms with Crippen LogP contribution in [-0.4, -0.2) is 45.4 Å². The molecule has 2 aromatic carbocycles. The van der Waals surface area contributed by atoms with Crippen molar-refractivity contribution in [2.24, 2.45) is 7.05 Å². The number of methoxy groups -OCH3 is 2. The highest BCUT2D eigenvalue weighted by Gasteiger charge is 2.31. The standard InChI is InChI=1S/C20H23N3O6S2/c1-12(19(24)21-13-6-8-15-18(10-13)30-20(25)22(15)2)23(31(5,26)27)16-11-14(28-3)7-9-17(16)29-4/h6-12H,1-5H3,(H,21,24)/t12-/m0/s1. The van der Waals surface area contributed by atoms with Gasteiger partial charge in [0, 0.05) is 18.8 Å². The number of nitrogens with zero attached hydrogens (tertiary/aromatic N) is 2. The number of carbonyl (C=O) groups excluding carboxylic acids is 1. The highest BCUT2D eigenvalue weighted by atomic mass is 32.2. The van der Waals surface area contributed by atoms with Gasteiger partial charge in [0.1, 0.15) is 17.5 Å². The van der Waals surface area contributed by atoms with E-state index in [0.29, 0.717) is 16.1 Å². The summed E-state index contributed by atoms with van der Waals surface area (Å²) in [6.45, 7) is 1.48. The van der Waals surface area contributed by atoms with Gasteiger partial charge in [-0.1, -0.05) is 11.3 Å². The van der Waals surface area contributed by atoms with Crippen LogP contribution in [-0.2, 0) is 21.9 Å². The zero-order valence-electron chi connectivity index (χ0n) is 17.7. The van der Waals surface area contributed by atoms with Gasteiger partial charge in [0.15, 0.2) is 0 Å². The third-order valence-corrected chi connectivity index (χ3v) is 6.99. The second kappa shape index (κ2) is 8.60. The van der Waals surface area contributed by atoms with Gasteiger partial charge < -0.3 is 19.4 Å². The van der Waals surface area contributed by atoms with E-state index in [0.717, 1.165) is 27.4 Å². The van der Waals surface area contributed by atoms with Crippen LogP contribution in [0.3, 0.4) is 0 Å². The number of sulfonamides is 1. The normalized spacial score (nSPS) is 12.4. The van der Waals surface area contributed by atoms with Gasteiger partial charge in [0.05, 0.1) is 36.4 Å². The van der Waals surface area contributed by atoms with E-state index in [1.54, 1.807) is 37.4 Å². The van der Waals surface area contributed by atoms with Crippen molar-refractivity contribution in [2.75, 3.05) is 30.1 Å². The predicted molar refractivity (Wildman–Crippen MR) is 122 cm³/mol. The van der Waals surface area contributed by atoms with E-state index in [2.05, 4.69) is 5.32 Å². The van der Waals surface area contributed by atoms with Crippen LogP contribution in [0.15, 0.2) is 41.2 Å². The third kappa shape index (κ3) is 4.52. The van der Waals surface area contributed by atoms with E-state index in [1.165, 1.54) is 31.8 Å². The van der Waals surface area contributed by atoms with E-state index in [-0.39, 0.29) is 16.3 Å².